The fourth-order valence-electron chi connectivity index (χ4n) is 1.31. The summed E-state index contributed by atoms with van der Waals surface area (Å²) in [5.74, 6) is -2.30. The van der Waals surface area contributed by atoms with Crippen molar-refractivity contribution in [2.45, 2.75) is 12.5 Å². The summed E-state index contributed by atoms with van der Waals surface area (Å²) in [5.41, 5.74) is 5.69. The molecular weight excluding hydrogens is 217 g/mol. The van der Waals surface area contributed by atoms with E-state index in [1.807, 2.05) is 0 Å². The highest BCUT2D eigenvalue weighted by molar-refractivity contribution is 5.68. The Morgan fingerprint density at radius 1 is 1.62 bits per heavy atom. The van der Waals surface area contributed by atoms with Gasteiger partial charge in [-0.2, -0.15) is 0 Å². The van der Waals surface area contributed by atoms with Gasteiger partial charge in [0.25, 0.3) is 0 Å². The Bertz CT molecular complexity index is 408. The minimum Gasteiger partial charge on any atom is -0.507 e. The highest BCUT2D eigenvalue weighted by atomic mass is 19.1. The number of rotatable bonds is 4. The molecule has 0 fully saturated rings. The quantitative estimate of drug-likeness (QED) is 0.716. The van der Waals surface area contributed by atoms with Gasteiger partial charge >= 0.3 is 5.97 Å². The average molecular weight is 229 g/mol. The van der Waals surface area contributed by atoms with Crippen molar-refractivity contribution < 1.29 is 24.1 Å². The molecule has 16 heavy (non-hydrogen) atoms. The highest BCUT2D eigenvalue weighted by Crippen LogP contribution is 2.31. The number of phenolic OH excluding ortho intramolecular Hbond substituents is 1. The second-order valence-electron chi connectivity index (χ2n) is 3.25. The van der Waals surface area contributed by atoms with E-state index >= 15 is 0 Å². The summed E-state index contributed by atoms with van der Waals surface area (Å²) in [6.07, 6.45) is -0.359. The van der Waals surface area contributed by atoms with Crippen LogP contribution in [0.1, 0.15) is 18.0 Å². The fourth-order valence-corrected chi connectivity index (χ4v) is 1.31. The molecule has 0 amide bonds. The second-order valence-corrected chi connectivity index (χ2v) is 3.25. The number of nitrogens with two attached hydrogens (primary N) is 1. The summed E-state index contributed by atoms with van der Waals surface area (Å²) in [6, 6.07) is 1.13. The van der Waals surface area contributed by atoms with Crippen LogP contribution >= 0.6 is 0 Å². The zero-order valence-electron chi connectivity index (χ0n) is 8.61. The molecule has 0 aliphatic rings. The SMILES string of the molecule is COc1cc(C(N)CC(=O)O)c(O)cc1F. The summed E-state index contributed by atoms with van der Waals surface area (Å²) < 4.78 is 17.8. The molecule has 5 nitrogen and oxygen atoms in total. The lowest BCUT2D eigenvalue weighted by atomic mass is 10.0. The number of hydrogen-bond donors (Lipinski definition) is 3. The van der Waals surface area contributed by atoms with Crippen LogP contribution in [0.5, 0.6) is 11.5 Å². The average Bonchev–Trinajstić information content (AvgIpc) is 2.16. The molecule has 1 aromatic carbocycles. The number of aliphatic carboxylic acids is 1. The third-order valence-electron chi connectivity index (χ3n) is 2.10. The van der Waals surface area contributed by atoms with Gasteiger partial charge in [-0.25, -0.2) is 4.39 Å². The predicted octanol–water partition coefficient (Wildman–Crippen LogP) is 1.01. The molecule has 4 N–H and O–H groups in total. The number of methoxy groups -OCH3 is 1. The minimum atomic E-state index is -1.10. The molecule has 0 bridgehead atoms. The predicted molar refractivity (Wildman–Crippen MR) is 53.8 cm³/mol. The van der Waals surface area contributed by atoms with Gasteiger partial charge in [0.2, 0.25) is 0 Å². The molecule has 6 heteroatoms. The fraction of sp³-hybridized carbons (Fsp3) is 0.300. The third kappa shape index (κ3) is 2.60. The lowest BCUT2D eigenvalue weighted by molar-refractivity contribution is -0.137. The van der Waals surface area contributed by atoms with Gasteiger partial charge in [0.1, 0.15) is 5.75 Å². The van der Waals surface area contributed by atoms with Crippen LogP contribution in [0.4, 0.5) is 4.39 Å². The summed E-state index contributed by atoms with van der Waals surface area (Å²) in [4.78, 5) is 10.4. The number of carboxylic acid groups (broad SMARTS) is 1. The lowest BCUT2D eigenvalue weighted by Gasteiger charge is -2.13. The molecule has 0 spiro atoms. The number of benzene rings is 1. The molecule has 0 saturated heterocycles. The van der Waals surface area contributed by atoms with Crippen LogP contribution in [0.2, 0.25) is 0 Å². The molecule has 0 saturated carbocycles. The monoisotopic (exact) mass is 229 g/mol. The normalized spacial score (nSPS) is 12.2. The van der Waals surface area contributed by atoms with Crippen molar-refractivity contribution in [3.05, 3.63) is 23.5 Å². The zero-order chi connectivity index (χ0) is 12.3. The van der Waals surface area contributed by atoms with Crippen molar-refractivity contribution in [2.24, 2.45) is 5.73 Å². The Balaban J connectivity index is 3.08. The van der Waals surface area contributed by atoms with Crippen LogP contribution in [0.25, 0.3) is 0 Å². The Kier molecular flexibility index (Phi) is 3.68. The maximum Gasteiger partial charge on any atom is 0.305 e. The number of ether oxygens (including phenoxy) is 1. The van der Waals surface area contributed by atoms with Gasteiger partial charge < -0.3 is 20.7 Å². The van der Waals surface area contributed by atoms with Crippen molar-refractivity contribution in [1.82, 2.24) is 0 Å². The number of phenols is 1. The Labute approximate surface area is 91.3 Å². The number of halogens is 1. The first-order valence-electron chi connectivity index (χ1n) is 4.49. The van der Waals surface area contributed by atoms with Gasteiger partial charge in [0.05, 0.1) is 13.5 Å². The third-order valence-corrected chi connectivity index (χ3v) is 2.10. The van der Waals surface area contributed by atoms with Gasteiger partial charge in [-0.05, 0) is 6.07 Å². The highest BCUT2D eigenvalue weighted by Gasteiger charge is 2.17. The van der Waals surface area contributed by atoms with Crippen molar-refractivity contribution in [3.63, 3.8) is 0 Å². The van der Waals surface area contributed by atoms with E-state index in [4.69, 9.17) is 15.6 Å². The maximum atomic E-state index is 13.1. The molecule has 1 unspecified atom stereocenters. The first kappa shape index (κ1) is 12.3. The Morgan fingerprint density at radius 2 is 2.25 bits per heavy atom. The van der Waals surface area contributed by atoms with Gasteiger partial charge in [-0.3, -0.25) is 4.79 Å². The first-order chi connectivity index (χ1) is 7.45. The van der Waals surface area contributed by atoms with Gasteiger partial charge in [0.15, 0.2) is 11.6 Å². The number of hydrogen-bond acceptors (Lipinski definition) is 4. The summed E-state index contributed by atoms with van der Waals surface area (Å²) in [7, 11) is 1.27. The van der Waals surface area contributed by atoms with Gasteiger partial charge in [-0.15, -0.1) is 0 Å². The van der Waals surface area contributed by atoms with E-state index in [1.54, 1.807) is 0 Å². The molecule has 1 atom stereocenters. The van der Waals surface area contributed by atoms with Crippen molar-refractivity contribution in [3.8, 4) is 11.5 Å². The van der Waals surface area contributed by atoms with Crippen LogP contribution in [-0.2, 0) is 4.79 Å². The van der Waals surface area contributed by atoms with E-state index in [-0.39, 0.29) is 23.5 Å². The largest absolute Gasteiger partial charge is 0.507 e. The molecule has 0 radical (unpaired) electrons. The zero-order valence-corrected chi connectivity index (χ0v) is 8.61. The van der Waals surface area contributed by atoms with Crippen LogP contribution in [0, 0.1) is 5.82 Å². The van der Waals surface area contributed by atoms with E-state index in [0.717, 1.165) is 6.07 Å². The number of carbonyl (C=O) groups is 1. The van der Waals surface area contributed by atoms with Crippen molar-refractivity contribution >= 4 is 5.97 Å². The van der Waals surface area contributed by atoms with Crippen molar-refractivity contribution in [1.29, 1.82) is 0 Å². The lowest BCUT2D eigenvalue weighted by Crippen LogP contribution is -2.15. The molecule has 0 aliphatic heterocycles. The van der Waals surface area contributed by atoms with Crippen LogP contribution in [-0.4, -0.2) is 23.3 Å². The molecule has 0 heterocycles. The topological polar surface area (TPSA) is 92.8 Å². The molecular formula is C10H12FNO4. The second kappa shape index (κ2) is 4.80. The Morgan fingerprint density at radius 3 is 2.75 bits per heavy atom. The van der Waals surface area contributed by atoms with Gasteiger partial charge in [0, 0.05) is 17.7 Å². The van der Waals surface area contributed by atoms with Gasteiger partial charge in [-0.1, -0.05) is 0 Å². The Hall–Kier alpha value is -1.82. The molecule has 0 aromatic heterocycles. The maximum absolute atomic E-state index is 13.1. The van der Waals surface area contributed by atoms with E-state index in [2.05, 4.69) is 0 Å². The number of carboxylic acids is 1. The van der Waals surface area contributed by atoms with E-state index < -0.39 is 17.8 Å². The van der Waals surface area contributed by atoms with Crippen LogP contribution in [0.3, 0.4) is 0 Å². The summed E-state index contributed by atoms with van der Waals surface area (Å²) in [6.45, 7) is 0. The standard InChI is InChI=1S/C10H12FNO4/c1-16-9-2-5(7(12)4-10(14)15)8(13)3-6(9)11/h2-3,7,13H,4,12H2,1H3,(H,14,15). The van der Waals surface area contributed by atoms with E-state index in [0.29, 0.717) is 0 Å². The van der Waals surface area contributed by atoms with Crippen molar-refractivity contribution in [2.75, 3.05) is 7.11 Å². The van der Waals surface area contributed by atoms with E-state index in [9.17, 15) is 14.3 Å². The molecule has 1 rings (SSSR count). The smallest absolute Gasteiger partial charge is 0.305 e. The van der Waals surface area contributed by atoms with E-state index in [1.165, 1.54) is 13.2 Å². The molecule has 88 valence electrons. The summed E-state index contributed by atoms with van der Waals surface area (Å²) in [5, 5.41) is 18.0. The van der Waals surface area contributed by atoms with Crippen LogP contribution < -0.4 is 10.5 Å². The summed E-state index contributed by atoms with van der Waals surface area (Å²) >= 11 is 0. The molecule has 1 aromatic rings. The van der Waals surface area contributed by atoms with Crippen LogP contribution in [0.15, 0.2) is 12.1 Å². The first-order valence-corrected chi connectivity index (χ1v) is 4.49. The number of aromatic hydroxyl groups is 1. The minimum absolute atomic E-state index is 0.0892. The molecule has 0 aliphatic carbocycles.